The second-order valence-corrected chi connectivity index (χ2v) is 8.10. The first-order chi connectivity index (χ1) is 12.9. The van der Waals surface area contributed by atoms with Gasteiger partial charge in [0.2, 0.25) is 11.8 Å². The van der Waals surface area contributed by atoms with E-state index in [4.69, 9.17) is 5.73 Å². The van der Waals surface area contributed by atoms with Crippen molar-refractivity contribution in [2.24, 2.45) is 11.7 Å². The molecule has 1 aliphatic heterocycles. The number of nitrogens with two attached hydrogens (primary N) is 1. The van der Waals surface area contributed by atoms with Gasteiger partial charge in [0.05, 0.1) is 12.6 Å². The third-order valence-corrected chi connectivity index (χ3v) is 5.52. The molecule has 1 aliphatic carbocycles. The predicted molar refractivity (Wildman–Crippen MR) is 104 cm³/mol. The monoisotopic (exact) mass is 381 g/mol. The minimum Gasteiger partial charge on any atom is -0.352 e. The highest BCUT2D eigenvalue weighted by atomic mass is 16.2. The molecule has 0 aromatic carbocycles. The van der Waals surface area contributed by atoms with Crippen LogP contribution in [0.3, 0.4) is 0 Å². The summed E-state index contributed by atoms with van der Waals surface area (Å²) in [6, 6.07) is -0.248. The largest absolute Gasteiger partial charge is 0.352 e. The lowest BCUT2D eigenvalue weighted by Gasteiger charge is -2.34. The van der Waals surface area contributed by atoms with E-state index in [1.165, 1.54) is 19.3 Å². The van der Waals surface area contributed by atoms with Crippen molar-refractivity contribution in [2.75, 3.05) is 19.6 Å². The van der Waals surface area contributed by atoms with Crippen LogP contribution in [0.1, 0.15) is 58.8 Å². The van der Waals surface area contributed by atoms with Crippen molar-refractivity contribution >= 4 is 17.8 Å². The Bertz CT molecular complexity index is 511. The summed E-state index contributed by atoms with van der Waals surface area (Å²) in [5, 5.41) is 8.64. The summed E-state index contributed by atoms with van der Waals surface area (Å²) in [6.07, 6.45) is 7.25. The van der Waals surface area contributed by atoms with Gasteiger partial charge >= 0.3 is 6.03 Å². The molecular formula is C19H35N5O3. The van der Waals surface area contributed by atoms with Gasteiger partial charge in [-0.15, -0.1) is 0 Å². The van der Waals surface area contributed by atoms with Gasteiger partial charge in [-0.1, -0.05) is 33.1 Å². The van der Waals surface area contributed by atoms with Crippen LogP contribution < -0.4 is 21.7 Å². The van der Waals surface area contributed by atoms with Crippen LogP contribution in [0.25, 0.3) is 0 Å². The Morgan fingerprint density at radius 3 is 2.15 bits per heavy atom. The van der Waals surface area contributed by atoms with E-state index in [0.717, 1.165) is 25.7 Å². The topological polar surface area (TPSA) is 117 Å². The number of piperidine rings is 1. The first kappa shape index (κ1) is 21.5. The lowest BCUT2D eigenvalue weighted by Crippen LogP contribution is -2.53. The average molecular weight is 382 g/mol. The van der Waals surface area contributed by atoms with Crippen molar-refractivity contribution < 1.29 is 14.4 Å². The Morgan fingerprint density at radius 2 is 1.56 bits per heavy atom. The molecule has 4 amide bonds. The molecule has 8 heteroatoms. The normalized spacial score (nSPS) is 20.2. The summed E-state index contributed by atoms with van der Waals surface area (Å²) in [4.78, 5) is 38.0. The summed E-state index contributed by atoms with van der Waals surface area (Å²) in [5.74, 6) is -0.504. The van der Waals surface area contributed by atoms with Gasteiger partial charge in [0.1, 0.15) is 0 Å². The van der Waals surface area contributed by atoms with Crippen molar-refractivity contribution in [3.8, 4) is 0 Å². The van der Waals surface area contributed by atoms with E-state index in [1.807, 2.05) is 18.7 Å². The average Bonchev–Trinajstić information content (AvgIpc) is 2.66. The van der Waals surface area contributed by atoms with E-state index in [9.17, 15) is 14.4 Å². The molecular weight excluding hydrogens is 346 g/mol. The van der Waals surface area contributed by atoms with Gasteiger partial charge in [-0.2, -0.15) is 0 Å². The molecule has 2 aliphatic rings. The molecule has 5 N–H and O–H groups in total. The zero-order valence-electron chi connectivity index (χ0n) is 16.6. The second kappa shape index (κ2) is 10.5. The van der Waals surface area contributed by atoms with Crippen LogP contribution in [0.5, 0.6) is 0 Å². The maximum absolute atomic E-state index is 12.4. The molecule has 1 heterocycles. The highest BCUT2D eigenvalue weighted by molar-refractivity contribution is 5.87. The molecule has 0 spiro atoms. The van der Waals surface area contributed by atoms with E-state index < -0.39 is 6.04 Å². The molecule has 0 radical (unpaired) electrons. The Kier molecular flexibility index (Phi) is 8.34. The molecule has 2 fully saturated rings. The highest BCUT2D eigenvalue weighted by Crippen LogP contribution is 2.18. The molecule has 0 unspecified atom stereocenters. The number of nitrogens with one attached hydrogen (secondary N) is 3. The number of hydrogen-bond acceptors (Lipinski definition) is 4. The Labute approximate surface area is 162 Å². The molecule has 1 saturated carbocycles. The fourth-order valence-corrected chi connectivity index (χ4v) is 3.61. The van der Waals surface area contributed by atoms with Crippen LogP contribution in [-0.4, -0.2) is 60.5 Å². The van der Waals surface area contributed by atoms with Crippen molar-refractivity contribution in [3.63, 3.8) is 0 Å². The van der Waals surface area contributed by atoms with Crippen LogP contribution in [-0.2, 0) is 9.59 Å². The van der Waals surface area contributed by atoms with Crippen LogP contribution in [0.4, 0.5) is 4.79 Å². The molecule has 1 atom stereocenters. The third kappa shape index (κ3) is 7.01. The van der Waals surface area contributed by atoms with Crippen LogP contribution in [0.15, 0.2) is 0 Å². The Hall–Kier alpha value is -1.83. The van der Waals surface area contributed by atoms with Crippen LogP contribution in [0.2, 0.25) is 0 Å². The fraction of sp³-hybridized carbons (Fsp3) is 0.842. The molecule has 0 aromatic rings. The fourth-order valence-electron chi connectivity index (χ4n) is 3.61. The summed E-state index contributed by atoms with van der Waals surface area (Å²) in [6.45, 7) is 4.93. The lowest BCUT2D eigenvalue weighted by molar-refractivity contribution is -0.127. The Morgan fingerprint density at radius 1 is 0.963 bits per heavy atom. The zero-order valence-corrected chi connectivity index (χ0v) is 16.6. The number of hydrogen-bond donors (Lipinski definition) is 4. The number of nitrogens with zero attached hydrogens (tertiary/aromatic N) is 1. The number of likely N-dealkylation sites (tertiary alicyclic amines) is 1. The van der Waals surface area contributed by atoms with Crippen LogP contribution in [0, 0.1) is 5.92 Å². The zero-order chi connectivity index (χ0) is 19.8. The second-order valence-electron chi connectivity index (χ2n) is 8.10. The third-order valence-electron chi connectivity index (χ3n) is 5.52. The number of rotatable bonds is 6. The van der Waals surface area contributed by atoms with Gasteiger partial charge in [0.15, 0.2) is 0 Å². The molecule has 1 saturated heterocycles. The molecule has 154 valence electrons. The van der Waals surface area contributed by atoms with E-state index in [0.29, 0.717) is 19.1 Å². The first-order valence-corrected chi connectivity index (χ1v) is 10.2. The minimum absolute atomic E-state index is 0.0154. The smallest absolute Gasteiger partial charge is 0.317 e. The van der Waals surface area contributed by atoms with E-state index in [2.05, 4.69) is 16.0 Å². The number of carbonyl (C=O) groups is 3. The van der Waals surface area contributed by atoms with Gasteiger partial charge in [-0.05, 0) is 31.6 Å². The van der Waals surface area contributed by atoms with Gasteiger partial charge in [0, 0.05) is 25.2 Å². The highest BCUT2D eigenvalue weighted by Gasteiger charge is 2.26. The summed E-state index contributed by atoms with van der Waals surface area (Å²) in [7, 11) is 0. The predicted octanol–water partition coefficient (Wildman–Crippen LogP) is 0.709. The van der Waals surface area contributed by atoms with Crippen molar-refractivity contribution in [2.45, 2.75) is 76.9 Å². The molecule has 8 nitrogen and oxygen atoms in total. The van der Waals surface area contributed by atoms with Gasteiger partial charge in [0.25, 0.3) is 0 Å². The van der Waals surface area contributed by atoms with Gasteiger partial charge in [-0.25, -0.2) is 4.79 Å². The quantitative estimate of drug-likeness (QED) is 0.542. The Balaban J connectivity index is 1.64. The minimum atomic E-state index is -0.608. The van der Waals surface area contributed by atoms with E-state index >= 15 is 0 Å². The standard InChI is InChI=1S/C19H35N5O3/c1-13(2)17(20)18(26)21-12-16(25)22-15-8-10-24(11-9-15)19(27)23-14-6-4-3-5-7-14/h13-15,17H,3-12,20H2,1-2H3,(H,21,26)(H,22,25)(H,23,27)/t17-/m0/s1. The van der Waals surface area contributed by atoms with Crippen molar-refractivity contribution in [1.29, 1.82) is 0 Å². The van der Waals surface area contributed by atoms with Crippen molar-refractivity contribution in [1.82, 2.24) is 20.9 Å². The maximum atomic E-state index is 12.4. The lowest BCUT2D eigenvalue weighted by atomic mass is 9.95. The van der Waals surface area contributed by atoms with Gasteiger partial charge in [-0.3, -0.25) is 9.59 Å². The maximum Gasteiger partial charge on any atom is 0.317 e. The van der Waals surface area contributed by atoms with Gasteiger partial charge < -0.3 is 26.6 Å². The molecule has 0 bridgehead atoms. The van der Waals surface area contributed by atoms with E-state index in [-0.39, 0.29) is 36.3 Å². The molecule has 2 rings (SSSR count). The summed E-state index contributed by atoms with van der Waals surface area (Å²) in [5.41, 5.74) is 5.75. The SMILES string of the molecule is CC(C)[C@H](N)C(=O)NCC(=O)NC1CCN(C(=O)NC2CCCCC2)CC1. The summed E-state index contributed by atoms with van der Waals surface area (Å²) < 4.78 is 0. The molecule has 0 aromatic heterocycles. The van der Waals surface area contributed by atoms with E-state index in [1.54, 1.807) is 0 Å². The number of amides is 4. The van der Waals surface area contributed by atoms with Crippen molar-refractivity contribution in [3.05, 3.63) is 0 Å². The van der Waals surface area contributed by atoms with Crippen LogP contribution >= 0.6 is 0 Å². The number of carbonyl (C=O) groups excluding carboxylic acids is 3. The first-order valence-electron chi connectivity index (χ1n) is 10.2. The molecule has 27 heavy (non-hydrogen) atoms. The summed E-state index contributed by atoms with van der Waals surface area (Å²) >= 11 is 0. The number of urea groups is 1.